The summed E-state index contributed by atoms with van der Waals surface area (Å²) in [5.74, 6) is -2.03. The van der Waals surface area contributed by atoms with E-state index in [1.165, 1.54) is 0 Å². The second-order valence-corrected chi connectivity index (χ2v) is 3.39. The van der Waals surface area contributed by atoms with E-state index in [9.17, 15) is 9.59 Å². The topological polar surface area (TPSA) is 91.2 Å². The van der Waals surface area contributed by atoms with Crippen LogP contribution in [0.2, 0.25) is 0 Å². The Kier molecular flexibility index (Phi) is 3.25. The van der Waals surface area contributed by atoms with E-state index in [-0.39, 0.29) is 12.3 Å². The molecule has 1 fully saturated rings. The van der Waals surface area contributed by atoms with E-state index in [1.807, 2.05) is 0 Å². The Bertz CT molecular complexity index is 216. The molecule has 0 aromatic carbocycles. The Morgan fingerprint density at radius 1 is 1.38 bits per heavy atom. The Morgan fingerprint density at radius 3 is 2.62 bits per heavy atom. The first-order valence-electron chi connectivity index (χ1n) is 4.39. The van der Waals surface area contributed by atoms with Crippen LogP contribution in [0.1, 0.15) is 19.3 Å². The van der Waals surface area contributed by atoms with Crippen LogP contribution in [-0.2, 0) is 9.59 Å². The summed E-state index contributed by atoms with van der Waals surface area (Å²) in [6.45, 7) is 0.785. The number of carboxylic acid groups (broad SMARTS) is 2. The molecule has 5 heteroatoms. The highest BCUT2D eigenvalue weighted by molar-refractivity contribution is 5.74. The maximum atomic E-state index is 10.7. The normalized spacial score (nSPS) is 28.3. The zero-order chi connectivity index (χ0) is 9.84. The zero-order valence-corrected chi connectivity index (χ0v) is 7.27. The predicted octanol–water partition coefficient (Wildman–Crippen LogP) is -1.11. The number of rotatable bonds is 3. The van der Waals surface area contributed by atoms with Crippen molar-refractivity contribution in [2.45, 2.75) is 25.3 Å². The second-order valence-electron chi connectivity index (χ2n) is 3.39. The van der Waals surface area contributed by atoms with Gasteiger partial charge in [0, 0.05) is 5.92 Å². The lowest BCUT2D eigenvalue weighted by atomic mass is 9.88. The van der Waals surface area contributed by atoms with E-state index in [2.05, 4.69) is 0 Å². The van der Waals surface area contributed by atoms with Crippen molar-refractivity contribution in [1.82, 2.24) is 0 Å². The quantitative estimate of drug-likeness (QED) is 0.523. The first-order chi connectivity index (χ1) is 6.11. The van der Waals surface area contributed by atoms with Crippen LogP contribution in [0.3, 0.4) is 0 Å². The Balaban J connectivity index is 2.56. The zero-order valence-electron chi connectivity index (χ0n) is 7.27. The van der Waals surface area contributed by atoms with Crippen molar-refractivity contribution >= 4 is 11.9 Å². The van der Waals surface area contributed by atoms with Gasteiger partial charge in [0.25, 0.3) is 0 Å². The summed E-state index contributed by atoms with van der Waals surface area (Å²) in [5, 5.41) is 19.1. The van der Waals surface area contributed by atoms with Crippen LogP contribution in [0.15, 0.2) is 0 Å². The van der Waals surface area contributed by atoms with Crippen LogP contribution in [-0.4, -0.2) is 34.7 Å². The minimum atomic E-state index is -0.911. The van der Waals surface area contributed by atoms with Crippen molar-refractivity contribution in [2.24, 2.45) is 5.92 Å². The summed E-state index contributed by atoms with van der Waals surface area (Å²) in [7, 11) is 0. The SMILES string of the molecule is O=C(O)CC1CCC[NH2+]C1C(=O)O. The minimum Gasteiger partial charge on any atom is -0.481 e. The molecule has 74 valence electrons. The summed E-state index contributed by atoms with van der Waals surface area (Å²) < 4.78 is 0. The summed E-state index contributed by atoms with van der Waals surface area (Å²) in [5.41, 5.74) is 0. The standard InChI is InChI=1S/C8H13NO4/c10-6(11)4-5-2-1-3-9-7(5)8(12)13/h5,7,9H,1-4H2,(H,10,11)(H,12,13)/p+1. The van der Waals surface area contributed by atoms with Crippen molar-refractivity contribution in [2.75, 3.05) is 6.54 Å². The number of quaternary nitrogens is 1. The molecule has 2 unspecified atom stereocenters. The third-order valence-electron chi connectivity index (χ3n) is 2.43. The van der Waals surface area contributed by atoms with Crippen LogP contribution >= 0.6 is 0 Å². The Hall–Kier alpha value is -1.10. The van der Waals surface area contributed by atoms with Gasteiger partial charge in [-0.15, -0.1) is 0 Å². The molecule has 0 spiro atoms. The van der Waals surface area contributed by atoms with Gasteiger partial charge in [-0.25, -0.2) is 4.79 Å². The van der Waals surface area contributed by atoms with Gasteiger partial charge >= 0.3 is 11.9 Å². The Morgan fingerprint density at radius 2 is 2.08 bits per heavy atom. The van der Waals surface area contributed by atoms with Crippen molar-refractivity contribution in [1.29, 1.82) is 0 Å². The lowest BCUT2D eigenvalue weighted by molar-refractivity contribution is -0.693. The highest BCUT2D eigenvalue weighted by Gasteiger charge is 2.35. The molecule has 1 heterocycles. The number of piperidine rings is 1. The highest BCUT2D eigenvalue weighted by Crippen LogP contribution is 2.16. The third kappa shape index (κ3) is 2.69. The van der Waals surface area contributed by atoms with Gasteiger partial charge in [0.05, 0.1) is 13.0 Å². The summed E-state index contributed by atoms with van der Waals surface area (Å²) in [6, 6.07) is -0.565. The summed E-state index contributed by atoms with van der Waals surface area (Å²) >= 11 is 0. The smallest absolute Gasteiger partial charge is 0.362 e. The lowest BCUT2D eigenvalue weighted by Crippen LogP contribution is -2.95. The average molecular weight is 188 g/mol. The van der Waals surface area contributed by atoms with E-state index in [0.717, 1.165) is 13.0 Å². The van der Waals surface area contributed by atoms with Gasteiger partial charge in [-0.1, -0.05) is 0 Å². The first-order valence-corrected chi connectivity index (χ1v) is 4.39. The van der Waals surface area contributed by atoms with E-state index in [4.69, 9.17) is 10.2 Å². The molecule has 0 radical (unpaired) electrons. The summed E-state index contributed by atoms with van der Waals surface area (Å²) in [4.78, 5) is 21.2. The Labute approximate surface area is 75.7 Å². The minimum absolute atomic E-state index is 0.0343. The number of hydrogen-bond acceptors (Lipinski definition) is 2. The van der Waals surface area contributed by atoms with Gasteiger partial charge in [-0.3, -0.25) is 4.79 Å². The molecule has 13 heavy (non-hydrogen) atoms. The van der Waals surface area contributed by atoms with E-state index >= 15 is 0 Å². The van der Waals surface area contributed by atoms with Gasteiger partial charge in [0.15, 0.2) is 6.04 Å². The van der Waals surface area contributed by atoms with Crippen molar-refractivity contribution in [3.05, 3.63) is 0 Å². The van der Waals surface area contributed by atoms with Crippen molar-refractivity contribution in [3.63, 3.8) is 0 Å². The molecule has 0 aliphatic carbocycles. The van der Waals surface area contributed by atoms with Crippen molar-refractivity contribution in [3.8, 4) is 0 Å². The fourth-order valence-corrected chi connectivity index (χ4v) is 1.81. The molecule has 5 nitrogen and oxygen atoms in total. The fourth-order valence-electron chi connectivity index (χ4n) is 1.81. The molecule has 0 amide bonds. The van der Waals surface area contributed by atoms with Gasteiger partial charge < -0.3 is 15.5 Å². The van der Waals surface area contributed by atoms with Gasteiger partial charge in [-0.2, -0.15) is 0 Å². The molecular weight excluding hydrogens is 174 g/mol. The number of nitrogens with two attached hydrogens (primary N) is 1. The number of hydrogen-bond donors (Lipinski definition) is 3. The van der Waals surface area contributed by atoms with Crippen LogP contribution in [0.5, 0.6) is 0 Å². The van der Waals surface area contributed by atoms with Gasteiger partial charge in [-0.05, 0) is 12.8 Å². The largest absolute Gasteiger partial charge is 0.481 e. The maximum absolute atomic E-state index is 10.7. The molecule has 1 aliphatic heterocycles. The average Bonchev–Trinajstić information content (AvgIpc) is 2.03. The van der Waals surface area contributed by atoms with Crippen LogP contribution in [0.25, 0.3) is 0 Å². The van der Waals surface area contributed by atoms with Crippen LogP contribution in [0.4, 0.5) is 0 Å². The predicted molar refractivity (Wildman–Crippen MR) is 43.2 cm³/mol. The molecule has 0 aromatic heterocycles. The monoisotopic (exact) mass is 188 g/mol. The molecular formula is C8H14NO4+. The molecule has 1 aliphatic rings. The second kappa shape index (κ2) is 4.23. The van der Waals surface area contributed by atoms with Crippen molar-refractivity contribution < 1.29 is 25.1 Å². The highest BCUT2D eigenvalue weighted by atomic mass is 16.4. The number of aliphatic carboxylic acids is 2. The number of carbonyl (C=O) groups is 2. The first kappa shape index (κ1) is 9.98. The molecule has 1 saturated heterocycles. The van der Waals surface area contributed by atoms with Gasteiger partial charge in [0.1, 0.15) is 0 Å². The molecule has 2 atom stereocenters. The molecule has 1 rings (SSSR count). The summed E-state index contributed by atoms with van der Waals surface area (Å²) in [6.07, 6.45) is 1.58. The maximum Gasteiger partial charge on any atom is 0.362 e. The molecule has 0 saturated carbocycles. The molecule has 4 N–H and O–H groups in total. The lowest BCUT2D eigenvalue weighted by Gasteiger charge is -2.25. The van der Waals surface area contributed by atoms with Crippen LogP contribution < -0.4 is 5.32 Å². The third-order valence-corrected chi connectivity index (χ3v) is 2.43. The fraction of sp³-hybridized carbons (Fsp3) is 0.750. The number of carboxylic acids is 2. The van der Waals surface area contributed by atoms with E-state index in [0.29, 0.717) is 6.42 Å². The van der Waals surface area contributed by atoms with E-state index in [1.54, 1.807) is 5.32 Å². The van der Waals surface area contributed by atoms with Crippen LogP contribution in [0, 0.1) is 5.92 Å². The van der Waals surface area contributed by atoms with E-state index < -0.39 is 18.0 Å². The molecule has 0 aromatic rings. The molecule has 0 bridgehead atoms. The van der Waals surface area contributed by atoms with Gasteiger partial charge in [0.2, 0.25) is 0 Å².